The van der Waals surface area contributed by atoms with E-state index in [-0.39, 0.29) is 23.4 Å². The first kappa shape index (κ1) is 15.1. The number of amides is 1. The van der Waals surface area contributed by atoms with Crippen LogP contribution in [-0.2, 0) is 11.3 Å². The lowest BCUT2D eigenvalue weighted by Gasteiger charge is -2.15. The molecule has 0 spiro atoms. The van der Waals surface area contributed by atoms with Crippen molar-refractivity contribution in [2.75, 3.05) is 5.32 Å². The maximum Gasteiger partial charge on any atom is 0.308 e. The highest BCUT2D eigenvalue weighted by Gasteiger charge is 2.30. The van der Waals surface area contributed by atoms with Crippen LogP contribution in [-0.4, -0.2) is 20.3 Å². The summed E-state index contributed by atoms with van der Waals surface area (Å²) in [6.07, 6.45) is 4.12. The van der Waals surface area contributed by atoms with E-state index in [2.05, 4.69) is 17.3 Å². The summed E-state index contributed by atoms with van der Waals surface area (Å²) in [4.78, 5) is 24.4. The minimum atomic E-state index is -0.217. The second-order valence-electron chi connectivity index (χ2n) is 6.21. The Morgan fingerprint density at radius 1 is 1.38 bits per heavy atom. The number of benzene rings is 1. The Hall–Kier alpha value is -2.41. The second kappa shape index (κ2) is 5.90. The van der Waals surface area contributed by atoms with Crippen molar-refractivity contribution in [1.82, 2.24) is 14.3 Å². The van der Waals surface area contributed by atoms with E-state index >= 15 is 0 Å². The number of anilines is 1. The molecule has 1 fully saturated rings. The molecule has 0 bridgehead atoms. The summed E-state index contributed by atoms with van der Waals surface area (Å²) in [6.45, 7) is 2.13. The Bertz CT molecular complexity index is 951. The number of rotatable bonds is 5. The SMILES string of the molecule is CC(C1CC1)n1nccc1NC(=O)Cn1c(=O)sc2ccccc21. The standard InChI is InChI=1S/C17H18N4O2S/c1-11(12-6-7-12)21-15(8-9-18-21)19-16(22)10-20-13-4-2-3-5-14(13)24-17(20)23/h2-5,8-9,11-12H,6-7,10H2,1H3,(H,19,22). The molecule has 1 aliphatic carbocycles. The predicted octanol–water partition coefficient (Wildman–Crippen LogP) is 2.87. The quantitative estimate of drug-likeness (QED) is 0.775. The molecule has 1 aromatic carbocycles. The van der Waals surface area contributed by atoms with Gasteiger partial charge in [-0.15, -0.1) is 0 Å². The molecule has 0 aliphatic heterocycles. The third-order valence-corrected chi connectivity index (χ3v) is 5.46. The molecule has 0 radical (unpaired) electrons. The average Bonchev–Trinajstić information content (AvgIpc) is 3.25. The van der Waals surface area contributed by atoms with E-state index in [9.17, 15) is 9.59 Å². The van der Waals surface area contributed by atoms with Gasteiger partial charge in [0.05, 0.1) is 22.5 Å². The summed E-state index contributed by atoms with van der Waals surface area (Å²) in [5, 5.41) is 7.22. The molecule has 7 heteroatoms. The van der Waals surface area contributed by atoms with Gasteiger partial charge in [-0.3, -0.25) is 14.2 Å². The van der Waals surface area contributed by atoms with Gasteiger partial charge in [0, 0.05) is 6.07 Å². The molecule has 1 N–H and O–H groups in total. The van der Waals surface area contributed by atoms with E-state index in [1.807, 2.05) is 28.9 Å². The summed E-state index contributed by atoms with van der Waals surface area (Å²) in [7, 11) is 0. The van der Waals surface area contributed by atoms with E-state index in [0.29, 0.717) is 11.7 Å². The molecular formula is C17H18N4O2S. The zero-order chi connectivity index (χ0) is 16.7. The molecule has 124 valence electrons. The van der Waals surface area contributed by atoms with Gasteiger partial charge in [0.25, 0.3) is 0 Å². The first-order valence-electron chi connectivity index (χ1n) is 8.05. The number of nitrogens with zero attached hydrogens (tertiary/aromatic N) is 3. The van der Waals surface area contributed by atoms with E-state index in [1.54, 1.807) is 12.3 Å². The highest BCUT2D eigenvalue weighted by Crippen LogP contribution is 2.40. The van der Waals surface area contributed by atoms with E-state index in [0.717, 1.165) is 21.6 Å². The summed E-state index contributed by atoms with van der Waals surface area (Å²) in [6, 6.07) is 9.59. The van der Waals surface area contributed by atoms with E-state index in [1.165, 1.54) is 17.4 Å². The lowest BCUT2D eigenvalue weighted by Crippen LogP contribution is -2.26. The van der Waals surface area contributed by atoms with Gasteiger partial charge in [-0.05, 0) is 37.8 Å². The highest BCUT2D eigenvalue weighted by atomic mass is 32.1. The monoisotopic (exact) mass is 342 g/mol. The topological polar surface area (TPSA) is 68.9 Å². The zero-order valence-corrected chi connectivity index (χ0v) is 14.1. The molecular weight excluding hydrogens is 324 g/mol. The zero-order valence-electron chi connectivity index (χ0n) is 13.3. The summed E-state index contributed by atoms with van der Waals surface area (Å²) >= 11 is 1.16. The number of aromatic nitrogens is 3. The lowest BCUT2D eigenvalue weighted by atomic mass is 10.2. The first-order valence-corrected chi connectivity index (χ1v) is 8.87. The Morgan fingerprint density at radius 2 is 2.17 bits per heavy atom. The van der Waals surface area contributed by atoms with Crippen LogP contribution in [0.15, 0.2) is 41.3 Å². The van der Waals surface area contributed by atoms with E-state index in [4.69, 9.17) is 0 Å². The summed E-state index contributed by atoms with van der Waals surface area (Å²) in [5.74, 6) is 1.11. The van der Waals surface area contributed by atoms with Gasteiger partial charge in [0.1, 0.15) is 12.4 Å². The number of nitrogens with one attached hydrogen (secondary N) is 1. The Morgan fingerprint density at radius 3 is 2.96 bits per heavy atom. The van der Waals surface area contributed by atoms with Crippen LogP contribution >= 0.6 is 11.3 Å². The van der Waals surface area contributed by atoms with Crippen LogP contribution < -0.4 is 10.2 Å². The van der Waals surface area contributed by atoms with Gasteiger partial charge in [0.15, 0.2) is 0 Å². The van der Waals surface area contributed by atoms with Gasteiger partial charge in [-0.1, -0.05) is 23.5 Å². The van der Waals surface area contributed by atoms with Crippen molar-refractivity contribution in [3.63, 3.8) is 0 Å². The minimum absolute atomic E-state index is 0.00579. The molecule has 6 nitrogen and oxygen atoms in total. The lowest BCUT2D eigenvalue weighted by molar-refractivity contribution is -0.116. The summed E-state index contributed by atoms with van der Waals surface area (Å²) in [5.41, 5.74) is 0.794. The van der Waals surface area contributed by atoms with Crippen molar-refractivity contribution in [2.24, 2.45) is 5.92 Å². The van der Waals surface area contributed by atoms with Crippen molar-refractivity contribution < 1.29 is 4.79 Å². The molecule has 24 heavy (non-hydrogen) atoms. The fourth-order valence-corrected chi connectivity index (χ4v) is 3.90. The molecule has 1 saturated carbocycles. The van der Waals surface area contributed by atoms with Gasteiger partial charge < -0.3 is 5.32 Å². The van der Waals surface area contributed by atoms with Crippen molar-refractivity contribution in [3.05, 3.63) is 46.2 Å². The molecule has 4 rings (SSSR count). The number of hydrogen-bond acceptors (Lipinski definition) is 4. The first-order chi connectivity index (χ1) is 11.6. The molecule has 2 aromatic heterocycles. The molecule has 1 unspecified atom stereocenters. The maximum absolute atomic E-state index is 12.4. The third-order valence-electron chi connectivity index (χ3n) is 4.50. The fraction of sp³-hybridized carbons (Fsp3) is 0.353. The number of thiazole rings is 1. The smallest absolute Gasteiger partial charge is 0.308 e. The van der Waals surface area contributed by atoms with Gasteiger partial charge in [0.2, 0.25) is 5.91 Å². The summed E-state index contributed by atoms with van der Waals surface area (Å²) < 4.78 is 4.27. The molecule has 2 heterocycles. The minimum Gasteiger partial charge on any atom is -0.309 e. The number of fused-ring (bicyclic) bond motifs is 1. The van der Waals surface area contributed by atoms with Crippen LogP contribution in [0.4, 0.5) is 5.82 Å². The van der Waals surface area contributed by atoms with Crippen LogP contribution in [0.2, 0.25) is 0 Å². The predicted molar refractivity (Wildman–Crippen MR) is 94.4 cm³/mol. The van der Waals surface area contributed by atoms with Gasteiger partial charge in [-0.25, -0.2) is 4.68 Å². The number of carbonyl (C=O) groups is 1. The maximum atomic E-state index is 12.4. The Labute approximate surface area is 142 Å². The van der Waals surface area contributed by atoms with Crippen LogP contribution in [0.25, 0.3) is 10.2 Å². The van der Waals surface area contributed by atoms with Crippen molar-refractivity contribution in [1.29, 1.82) is 0 Å². The van der Waals surface area contributed by atoms with Crippen LogP contribution in [0, 0.1) is 5.92 Å². The average molecular weight is 342 g/mol. The molecule has 3 aromatic rings. The van der Waals surface area contributed by atoms with Crippen molar-refractivity contribution >= 4 is 33.3 Å². The normalized spacial score (nSPS) is 15.5. The van der Waals surface area contributed by atoms with Crippen LogP contribution in [0.1, 0.15) is 25.8 Å². The molecule has 1 atom stereocenters. The number of para-hydroxylation sites is 1. The third kappa shape index (κ3) is 2.75. The van der Waals surface area contributed by atoms with E-state index < -0.39 is 0 Å². The van der Waals surface area contributed by atoms with Crippen LogP contribution in [0.5, 0.6) is 0 Å². The largest absolute Gasteiger partial charge is 0.309 e. The number of carbonyl (C=O) groups excluding carboxylic acids is 1. The molecule has 1 amide bonds. The molecule has 0 saturated heterocycles. The Kier molecular flexibility index (Phi) is 3.72. The fourth-order valence-electron chi connectivity index (χ4n) is 3.01. The van der Waals surface area contributed by atoms with Gasteiger partial charge in [-0.2, -0.15) is 5.10 Å². The highest BCUT2D eigenvalue weighted by molar-refractivity contribution is 7.16. The van der Waals surface area contributed by atoms with Gasteiger partial charge >= 0.3 is 4.87 Å². The molecule has 1 aliphatic rings. The second-order valence-corrected chi connectivity index (χ2v) is 7.20. The van der Waals surface area contributed by atoms with Crippen LogP contribution in [0.3, 0.4) is 0 Å². The van der Waals surface area contributed by atoms with Crippen molar-refractivity contribution in [2.45, 2.75) is 32.4 Å². The number of hydrogen-bond donors (Lipinski definition) is 1. The Balaban J connectivity index is 1.54. The van der Waals surface area contributed by atoms with Crippen molar-refractivity contribution in [3.8, 4) is 0 Å².